The second-order valence-electron chi connectivity index (χ2n) is 7.67. The molecule has 4 rings (SSSR count). The molecule has 2 aromatic heterocycles. The highest BCUT2D eigenvalue weighted by Gasteiger charge is 2.36. The number of rotatable bonds is 6. The number of carbonyl (C=O) groups is 1. The summed E-state index contributed by atoms with van der Waals surface area (Å²) < 4.78 is 15.3. The molecular weight excluding hydrogens is 456 g/mol. The molecule has 1 saturated heterocycles. The molecule has 0 radical (unpaired) electrons. The molecule has 0 aliphatic carbocycles. The second kappa shape index (κ2) is 9.65. The Kier molecular flexibility index (Phi) is 6.92. The molecule has 1 aliphatic heterocycles. The van der Waals surface area contributed by atoms with Crippen molar-refractivity contribution in [2.24, 2.45) is 0 Å². The average molecular weight is 478 g/mol. The molecule has 1 amide bonds. The molecule has 0 bridgehead atoms. The van der Waals surface area contributed by atoms with Crippen molar-refractivity contribution in [3.63, 3.8) is 0 Å². The summed E-state index contributed by atoms with van der Waals surface area (Å²) in [5.74, 6) is -0.150. The van der Waals surface area contributed by atoms with Crippen molar-refractivity contribution in [2.45, 2.75) is 25.1 Å². The van der Waals surface area contributed by atoms with Gasteiger partial charge in [-0.25, -0.2) is 4.39 Å². The maximum absolute atomic E-state index is 15.3. The van der Waals surface area contributed by atoms with Crippen LogP contribution in [-0.4, -0.2) is 41.1 Å². The number of piperidine rings is 1. The summed E-state index contributed by atoms with van der Waals surface area (Å²) in [6.07, 6.45) is 0.575. The van der Waals surface area contributed by atoms with Gasteiger partial charge in [-0.1, -0.05) is 35.3 Å². The normalized spacial score (nSPS) is 15.8. The van der Waals surface area contributed by atoms with Gasteiger partial charge in [-0.2, -0.15) is 0 Å². The number of nitrogens with zero attached hydrogens (tertiary/aromatic N) is 2. The Balaban J connectivity index is 1.28. The number of hydrogen-bond acceptors (Lipinski definition) is 4. The summed E-state index contributed by atoms with van der Waals surface area (Å²) in [6.45, 7) is 1.45. The van der Waals surface area contributed by atoms with Crippen LogP contribution in [0.25, 0.3) is 10.6 Å². The van der Waals surface area contributed by atoms with Gasteiger partial charge in [0.2, 0.25) is 0 Å². The monoisotopic (exact) mass is 477 g/mol. The van der Waals surface area contributed by atoms with Crippen molar-refractivity contribution in [1.82, 2.24) is 15.2 Å². The van der Waals surface area contributed by atoms with Gasteiger partial charge in [0.1, 0.15) is 5.67 Å². The number of aromatic nitrogens is 1. The summed E-state index contributed by atoms with van der Waals surface area (Å²) in [5, 5.41) is 5.97. The molecule has 162 valence electrons. The minimum Gasteiger partial charge on any atom is -0.338 e. The number of amides is 1. The van der Waals surface area contributed by atoms with Crippen LogP contribution in [0.1, 0.15) is 28.9 Å². The quantitative estimate of drug-likeness (QED) is 0.484. The van der Waals surface area contributed by atoms with Crippen LogP contribution in [-0.2, 0) is 6.54 Å². The molecule has 1 aliphatic rings. The van der Waals surface area contributed by atoms with Crippen molar-refractivity contribution >= 4 is 40.4 Å². The van der Waals surface area contributed by atoms with Crippen molar-refractivity contribution in [3.8, 4) is 10.6 Å². The van der Waals surface area contributed by atoms with E-state index in [1.54, 1.807) is 34.4 Å². The summed E-state index contributed by atoms with van der Waals surface area (Å²) in [6, 6.07) is 14.7. The lowest BCUT2D eigenvalue weighted by Gasteiger charge is -2.36. The van der Waals surface area contributed by atoms with Crippen molar-refractivity contribution in [1.29, 1.82) is 0 Å². The van der Waals surface area contributed by atoms with Crippen LogP contribution in [0.2, 0.25) is 10.0 Å². The van der Waals surface area contributed by atoms with E-state index in [0.29, 0.717) is 35.2 Å². The van der Waals surface area contributed by atoms with Gasteiger partial charge in [-0.15, -0.1) is 11.3 Å². The number of pyridine rings is 1. The summed E-state index contributed by atoms with van der Waals surface area (Å²) in [4.78, 5) is 20.1. The fourth-order valence-corrected chi connectivity index (χ4v) is 4.65. The molecule has 0 unspecified atom stereocenters. The van der Waals surface area contributed by atoms with Crippen LogP contribution in [0, 0.1) is 0 Å². The van der Waals surface area contributed by atoms with Gasteiger partial charge in [0.15, 0.2) is 0 Å². The zero-order chi connectivity index (χ0) is 21.8. The molecule has 0 spiro atoms. The third kappa shape index (κ3) is 5.44. The highest BCUT2D eigenvalue weighted by atomic mass is 35.5. The van der Waals surface area contributed by atoms with Crippen LogP contribution >= 0.6 is 34.5 Å². The minimum atomic E-state index is -1.35. The lowest BCUT2D eigenvalue weighted by molar-refractivity contribution is 0.0434. The lowest BCUT2D eigenvalue weighted by Crippen LogP contribution is -2.48. The smallest absolute Gasteiger partial charge is 0.253 e. The fourth-order valence-electron chi connectivity index (χ4n) is 3.65. The predicted molar refractivity (Wildman–Crippen MR) is 125 cm³/mol. The molecule has 1 fully saturated rings. The topological polar surface area (TPSA) is 45.2 Å². The first-order valence-electron chi connectivity index (χ1n) is 10.1. The van der Waals surface area contributed by atoms with E-state index in [-0.39, 0.29) is 25.3 Å². The van der Waals surface area contributed by atoms with E-state index in [0.717, 1.165) is 16.3 Å². The number of likely N-dealkylation sites (tertiary alicyclic amines) is 1. The van der Waals surface area contributed by atoms with Gasteiger partial charge in [0, 0.05) is 44.6 Å². The zero-order valence-corrected chi connectivity index (χ0v) is 19.1. The van der Waals surface area contributed by atoms with Gasteiger partial charge in [-0.05, 0) is 41.8 Å². The third-order valence-corrected chi connectivity index (χ3v) is 7.07. The van der Waals surface area contributed by atoms with E-state index < -0.39 is 5.67 Å². The number of thiophene rings is 1. The highest BCUT2D eigenvalue weighted by Crippen LogP contribution is 2.29. The molecule has 1 N–H and O–H groups in total. The Labute approximate surface area is 195 Å². The molecule has 1 aromatic carbocycles. The van der Waals surface area contributed by atoms with Crippen LogP contribution in [0.4, 0.5) is 4.39 Å². The summed E-state index contributed by atoms with van der Waals surface area (Å²) in [5.41, 5.74) is 0.926. The first kappa shape index (κ1) is 22.2. The van der Waals surface area contributed by atoms with Gasteiger partial charge in [0.05, 0.1) is 26.3 Å². The Morgan fingerprint density at radius 2 is 1.94 bits per heavy atom. The van der Waals surface area contributed by atoms with Crippen LogP contribution in [0.5, 0.6) is 0 Å². The molecule has 0 saturated carbocycles. The van der Waals surface area contributed by atoms with Gasteiger partial charge < -0.3 is 10.2 Å². The summed E-state index contributed by atoms with van der Waals surface area (Å²) >= 11 is 13.6. The number of carbonyl (C=O) groups excluding carboxylic acids is 1. The maximum atomic E-state index is 15.3. The highest BCUT2D eigenvalue weighted by molar-refractivity contribution is 7.13. The Hall–Kier alpha value is -1.99. The molecule has 3 heterocycles. The van der Waals surface area contributed by atoms with E-state index in [1.165, 1.54) is 0 Å². The van der Waals surface area contributed by atoms with Crippen molar-refractivity contribution < 1.29 is 9.18 Å². The number of halogens is 3. The third-order valence-electron chi connectivity index (χ3n) is 5.44. The van der Waals surface area contributed by atoms with Gasteiger partial charge in [-0.3, -0.25) is 9.78 Å². The first-order chi connectivity index (χ1) is 14.9. The van der Waals surface area contributed by atoms with E-state index in [9.17, 15) is 4.79 Å². The Bertz CT molecular complexity index is 1050. The maximum Gasteiger partial charge on any atom is 0.253 e. The molecule has 8 heteroatoms. The van der Waals surface area contributed by atoms with Crippen LogP contribution in [0.15, 0.2) is 53.9 Å². The molecule has 3 aromatic rings. The van der Waals surface area contributed by atoms with E-state index in [2.05, 4.69) is 10.3 Å². The predicted octanol–water partition coefficient (Wildman–Crippen LogP) is 5.85. The van der Waals surface area contributed by atoms with E-state index in [1.807, 2.05) is 35.7 Å². The van der Waals surface area contributed by atoms with E-state index in [4.69, 9.17) is 23.2 Å². The molecule has 31 heavy (non-hydrogen) atoms. The molecular formula is C23H22Cl2FN3OS. The Morgan fingerprint density at radius 1 is 1.13 bits per heavy atom. The fraction of sp³-hybridized carbons (Fsp3) is 0.304. The standard InChI is InChI=1S/C23H22Cl2FN3OS/c24-18-7-6-16(13-19(18)25)22(30)29-10-8-23(26,9-11-29)15-27-14-17-3-1-4-20(28-17)21-5-2-12-31-21/h1-7,12-13,27H,8-11,14-15H2. The van der Waals surface area contributed by atoms with Crippen molar-refractivity contribution in [2.75, 3.05) is 19.6 Å². The Morgan fingerprint density at radius 3 is 2.65 bits per heavy atom. The minimum absolute atomic E-state index is 0.150. The van der Waals surface area contributed by atoms with Gasteiger partial charge >= 0.3 is 0 Å². The first-order valence-corrected chi connectivity index (χ1v) is 11.7. The largest absolute Gasteiger partial charge is 0.338 e. The molecule has 0 atom stereocenters. The molecule has 4 nitrogen and oxygen atoms in total. The number of alkyl halides is 1. The number of benzene rings is 1. The van der Waals surface area contributed by atoms with E-state index >= 15 is 4.39 Å². The SMILES string of the molecule is O=C(c1ccc(Cl)c(Cl)c1)N1CCC(F)(CNCc2cccc(-c3cccs3)n2)CC1. The average Bonchev–Trinajstić information content (AvgIpc) is 3.31. The van der Waals surface area contributed by atoms with Gasteiger partial charge in [0.25, 0.3) is 5.91 Å². The van der Waals surface area contributed by atoms with Crippen LogP contribution < -0.4 is 5.32 Å². The zero-order valence-electron chi connectivity index (χ0n) is 16.8. The lowest BCUT2D eigenvalue weighted by atomic mass is 9.92. The number of hydrogen-bond donors (Lipinski definition) is 1. The van der Waals surface area contributed by atoms with Crippen LogP contribution in [0.3, 0.4) is 0 Å². The second-order valence-corrected chi connectivity index (χ2v) is 9.43. The van der Waals surface area contributed by atoms with Crippen molar-refractivity contribution in [3.05, 3.63) is 75.2 Å². The number of nitrogens with one attached hydrogen (secondary N) is 1. The summed E-state index contributed by atoms with van der Waals surface area (Å²) in [7, 11) is 0.